The van der Waals surface area contributed by atoms with E-state index in [1.54, 1.807) is 37.0 Å². The predicted octanol–water partition coefficient (Wildman–Crippen LogP) is 1.81. The molecule has 0 bridgehead atoms. The number of carbonyl (C=O) groups is 2. The van der Waals surface area contributed by atoms with E-state index in [2.05, 4.69) is 10.1 Å². The first-order valence-corrected chi connectivity index (χ1v) is 9.58. The van der Waals surface area contributed by atoms with Gasteiger partial charge in [-0.1, -0.05) is 6.07 Å². The molecule has 1 amide bonds. The van der Waals surface area contributed by atoms with Crippen molar-refractivity contribution >= 4 is 17.4 Å². The van der Waals surface area contributed by atoms with Crippen LogP contribution < -0.4 is 0 Å². The molecule has 1 saturated heterocycles. The Balaban J connectivity index is 2.13. The van der Waals surface area contributed by atoms with E-state index in [1.807, 2.05) is 32.0 Å². The van der Waals surface area contributed by atoms with Crippen molar-refractivity contribution < 1.29 is 14.7 Å². The van der Waals surface area contributed by atoms with Gasteiger partial charge in [0.1, 0.15) is 11.8 Å². The summed E-state index contributed by atoms with van der Waals surface area (Å²) in [7, 11) is 5.69. The van der Waals surface area contributed by atoms with E-state index >= 15 is 0 Å². The molecule has 0 aromatic carbocycles. The molecule has 1 N–H and O–H groups in total. The zero-order valence-corrected chi connectivity index (χ0v) is 17.5. The topological polar surface area (TPSA) is 91.6 Å². The summed E-state index contributed by atoms with van der Waals surface area (Å²) in [6, 6.07) is 4.63. The Hall–Kier alpha value is -3.00. The van der Waals surface area contributed by atoms with Crippen LogP contribution in [0.2, 0.25) is 0 Å². The van der Waals surface area contributed by atoms with Crippen molar-refractivity contribution in [2.45, 2.75) is 26.3 Å². The summed E-state index contributed by atoms with van der Waals surface area (Å²) in [5.74, 6) is -1.50. The first-order valence-electron chi connectivity index (χ1n) is 9.58. The van der Waals surface area contributed by atoms with Crippen molar-refractivity contribution in [2.75, 3.05) is 27.2 Å². The Bertz CT molecular complexity index is 962. The fourth-order valence-electron chi connectivity index (χ4n) is 3.76. The van der Waals surface area contributed by atoms with Gasteiger partial charge >= 0.3 is 0 Å². The third-order valence-corrected chi connectivity index (χ3v) is 5.26. The molecule has 29 heavy (non-hydrogen) atoms. The van der Waals surface area contributed by atoms with Gasteiger partial charge in [0, 0.05) is 25.5 Å². The van der Waals surface area contributed by atoms with Crippen LogP contribution in [-0.4, -0.2) is 68.5 Å². The largest absolute Gasteiger partial charge is 0.507 e. The van der Waals surface area contributed by atoms with Gasteiger partial charge in [-0.2, -0.15) is 5.10 Å². The minimum absolute atomic E-state index is 0.0674. The van der Waals surface area contributed by atoms with Gasteiger partial charge in [0.05, 0.1) is 22.5 Å². The molecule has 0 spiro atoms. The zero-order chi connectivity index (χ0) is 21.3. The fourth-order valence-corrected chi connectivity index (χ4v) is 3.76. The Morgan fingerprint density at radius 1 is 1.24 bits per heavy atom. The van der Waals surface area contributed by atoms with Gasteiger partial charge in [-0.25, -0.2) is 0 Å². The van der Waals surface area contributed by atoms with Gasteiger partial charge in [-0.3, -0.25) is 19.3 Å². The molecule has 3 heterocycles. The van der Waals surface area contributed by atoms with E-state index in [9.17, 15) is 14.7 Å². The van der Waals surface area contributed by atoms with Gasteiger partial charge in [-0.05, 0) is 53.0 Å². The number of aryl methyl sites for hydroxylation is 2. The third-order valence-electron chi connectivity index (χ3n) is 5.26. The van der Waals surface area contributed by atoms with Crippen LogP contribution in [0.25, 0.3) is 5.76 Å². The lowest BCUT2D eigenvalue weighted by molar-refractivity contribution is -0.140. The molecule has 0 unspecified atom stereocenters. The number of rotatable bonds is 6. The molecule has 3 rings (SSSR count). The van der Waals surface area contributed by atoms with E-state index in [0.717, 1.165) is 12.2 Å². The first kappa shape index (κ1) is 20.7. The van der Waals surface area contributed by atoms with Gasteiger partial charge in [0.25, 0.3) is 11.7 Å². The summed E-state index contributed by atoms with van der Waals surface area (Å²) in [6.07, 6.45) is 2.32. The molecule has 1 atom stereocenters. The summed E-state index contributed by atoms with van der Waals surface area (Å²) in [6.45, 7) is 4.76. The van der Waals surface area contributed by atoms with Crippen molar-refractivity contribution in [2.24, 2.45) is 7.05 Å². The summed E-state index contributed by atoms with van der Waals surface area (Å²) in [5, 5.41) is 15.5. The maximum Gasteiger partial charge on any atom is 0.295 e. The van der Waals surface area contributed by atoms with Gasteiger partial charge in [0.15, 0.2) is 0 Å². The minimum atomic E-state index is -0.725. The van der Waals surface area contributed by atoms with Crippen LogP contribution in [0, 0.1) is 13.8 Å². The molecule has 154 valence electrons. The summed E-state index contributed by atoms with van der Waals surface area (Å²) >= 11 is 0. The maximum atomic E-state index is 13.0. The third kappa shape index (κ3) is 3.80. The number of carbonyl (C=O) groups excluding carboxylic acids is 2. The second-order valence-electron chi connectivity index (χ2n) is 7.57. The van der Waals surface area contributed by atoms with Gasteiger partial charge in [0.2, 0.25) is 0 Å². The SMILES string of the molecule is Cc1nn(C)c(C)c1/C(O)=C1\C(=O)C(=O)N(CCCN(C)C)[C@@H]1c1ccccn1. The molecule has 1 aliphatic rings. The highest BCUT2D eigenvalue weighted by atomic mass is 16.3. The molecule has 8 heteroatoms. The quantitative estimate of drug-likeness (QED) is 0.454. The molecule has 1 aliphatic heterocycles. The number of Topliss-reactive ketones (excluding diaryl/α,β-unsaturated/α-hetero) is 1. The van der Waals surface area contributed by atoms with Crippen molar-refractivity contribution in [3.8, 4) is 0 Å². The zero-order valence-electron chi connectivity index (χ0n) is 17.5. The second kappa shape index (κ2) is 8.16. The number of hydrogen-bond acceptors (Lipinski definition) is 6. The Morgan fingerprint density at radius 2 is 1.97 bits per heavy atom. The average Bonchev–Trinajstić information content (AvgIpc) is 3.08. The Morgan fingerprint density at radius 3 is 2.52 bits per heavy atom. The number of amides is 1. The Labute approximate surface area is 170 Å². The number of aliphatic hydroxyl groups is 1. The van der Waals surface area contributed by atoms with Crippen molar-refractivity contribution in [3.05, 3.63) is 52.6 Å². The molecule has 0 radical (unpaired) electrons. The van der Waals surface area contributed by atoms with E-state index in [4.69, 9.17) is 0 Å². The van der Waals surface area contributed by atoms with Crippen LogP contribution in [0.4, 0.5) is 0 Å². The van der Waals surface area contributed by atoms with Gasteiger partial charge < -0.3 is 14.9 Å². The standard InChI is InChI=1S/C21H27N5O3/c1-13-16(14(2)25(5)23-13)19(27)17-18(15-9-6-7-10-22-15)26(21(29)20(17)28)12-8-11-24(3)4/h6-7,9-10,18,27H,8,11-12H2,1-5H3/b19-17+/t18-/m1/s1. The number of aromatic nitrogens is 3. The molecular formula is C21H27N5O3. The summed E-state index contributed by atoms with van der Waals surface area (Å²) < 4.78 is 1.65. The lowest BCUT2D eigenvalue weighted by Gasteiger charge is -2.25. The maximum absolute atomic E-state index is 13.0. The highest BCUT2D eigenvalue weighted by Crippen LogP contribution is 2.39. The highest BCUT2D eigenvalue weighted by Gasteiger charge is 2.46. The van der Waals surface area contributed by atoms with Crippen LogP contribution in [0.3, 0.4) is 0 Å². The van der Waals surface area contributed by atoms with Crippen molar-refractivity contribution in [1.29, 1.82) is 0 Å². The lowest BCUT2D eigenvalue weighted by Crippen LogP contribution is -2.32. The molecule has 2 aromatic heterocycles. The summed E-state index contributed by atoms with van der Waals surface area (Å²) in [4.78, 5) is 33.7. The number of pyridine rings is 1. The minimum Gasteiger partial charge on any atom is -0.507 e. The number of likely N-dealkylation sites (tertiary alicyclic amines) is 1. The van der Waals surface area contributed by atoms with Crippen LogP contribution in [-0.2, 0) is 16.6 Å². The summed E-state index contributed by atoms with van der Waals surface area (Å²) in [5.41, 5.74) is 2.43. The number of ketones is 1. The van der Waals surface area contributed by atoms with E-state index in [0.29, 0.717) is 29.9 Å². The van der Waals surface area contributed by atoms with Gasteiger partial charge in [-0.15, -0.1) is 0 Å². The van der Waals surface area contributed by atoms with Crippen LogP contribution >= 0.6 is 0 Å². The smallest absolute Gasteiger partial charge is 0.295 e. The fraction of sp³-hybridized carbons (Fsp3) is 0.429. The van der Waals surface area contributed by atoms with Crippen molar-refractivity contribution in [1.82, 2.24) is 24.6 Å². The monoisotopic (exact) mass is 397 g/mol. The Kier molecular flexibility index (Phi) is 5.83. The molecule has 0 aliphatic carbocycles. The second-order valence-corrected chi connectivity index (χ2v) is 7.57. The normalized spacial score (nSPS) is 18.8. The average molecular weight is 397 g/mol. The molecule has 0 saturated carbocycles. The highest BCUT2D eigenvalue weighted by molar-refractivity contribution is 6.46. The molecule has 8 nitrogen and oxygen atoms in total. The number of nitrogens with zero attached hydrogens (tertiary/aromatic N) is 5. The van der Waals surface area contributed by atoms with Crippen LogP contribution in [0.15, 0.2) is 30.0 Å². The van der Waals surface area contributed by atoms with E-state index in [-0.39, 0.29) is 11.3 Å². The van der Waals surface area contributed by atoms with Crippen LogP contribution in [0.5, 0.6) is 0 Å². The first-order chi connectivity index (χ1) is 13.7. The number of hydrogen-bond donors (Lipinski definition) is 1. The lowest BCUT2D eigenvalue weighted by atomic mass is 9.97. The predicted molar refractivity (Wildman–Crippen MR) is 109 cm³/mol. The van der Waals surface area contributed by atoms with Crippen molar-refractivity contribution in [3.63, 3.8) is 0 Å². The molecule has 2 aromatic rings. The molecule has 1 fully saturated rings. The number of aliphatic hydroxyl groups excluding tert-OH is 1. The van der Waals surface area contributed by atoms with E-state index in [1.165, 1.54) is 4.90 Å². The van der Waals surface area contributed by atoms with Crippen LogP contribution in [0.1, 0.15) is 35.1 Å². The molecular weight excluding hydrogens is 370 g/mol. The van der Waals surface area contributed by atoms with E-state index < -0.39 is 17.7 Å².